The van der Waals surface area contributed by atoms with E-state index in [0.29, 0.717) is 0 Å². The molecule has 0 aromatic carbocycles. The number of allylic oxidation sites excluding steroid dienone is 1. The smallest absolute Gasteiger partial charge is 0.109 e. The van der Waals surface area contributed by atoms with Gasteiger partial charge in [0.05, 0.1) is 0 Å². The molecule has 58 valence electrons. The number of aliphatic hydroxyl groups is 2. The third kappa shape index (κ3) is 2.33. The highest BCUT2D eigenvalue weighted by Gasteiger charge is 2.23. The van der Waals surface area contributed by atoms with Crippen LogP contribution in [0, 0.1) is 0 Å². The fourth-order valence-corrected chi connectivity index (χ4v) is 0.498. The van der Waals surface area contributed by atoms with Gasteiger partial charge in [-0.05, 0) is 13.8 Å². The molecule has 0 rings (SSSR count). The molecule has 2 N–H and O–H groups in total. The maximum Gasteiger partial charge on any atom is 0.109 e. The second kappa shape index (κ2) is 3.54. The zero-order valence-corrected chi connectivity index (χ0v) is 6.41. The Morgan fingerprint density at radius 3 is 2.40 bits per heavy atom. The van der Waals surface area contributed by atoms with E-state index in [4.69, 9.17) is 5.11 Å². The molecule has 2 atom stereocenters. The first kappa shape index (κ1) is 9.40. The van der Waals surface area contributed by atoms with E-state index in [9.17, 15) is 5.11 Å². The summed E-state index contributed by atoms with van der Waals surface area (Å²) in [7, 11) is 0. The lowest BCUT2D eigenvalue weighted by Gasteiger charge is -2.22. The first-order valence-electron chi connectivity index (χ1n) is 3.21. The van der Waals surface area contributed by atoms with Gasteiger partial charge in [0.15, 0.2) is 0 Å². The van der Waals surface area contributed by atoms with Gasteiger partial charge in [-0.1, -0.05) is 18.2 Å². The molecule has 0 radical (unpaired) electrons. The fraction of sp³-hybridized carbons (Fsp3) is 0.500. The molecule has 0 amide bonds. The molecule has 0 unspecified atom stereocenters. The van der Waals surface area contributed by atoms with Crippen molar-refractivity contribution in [2.24, 2.45) is 0 Å². The standard InChI is InChI=1S/C8H14O2/c1-4-6-7(9)8(3,10)5-2/h4-7,9-10H,2H2,1,3H3/b6-4+/t7-,8-/m1/s1. The molecule has 0 aromatic heterocycles. The normalized spacial score (nSPS) is 20.4. The van der Waals surface area contributed by atoms with Crippen molar-refractivity contribution in [1.82, 2.24) is 0 Å². The molecule has 0 saturated carbocycles. The lowest BCUT2D eigenvalue weighted by atomic mass is 9.99. The summed E-state index contributed by atoms with van der Waals surface area (Å²) in [6.07, 6.45) is 3.65. The van der Waals surface area contributed by atoms with Gasteiger partial charge in [0.1, 0.15) is 11.7 Å². The molecule has 2 heteroatoms. The minimum Gasteiger partial charge on any atom is -0.386 e. The van der Waals surface area contributed by atoms with Crippen LogP contribution in [0.1, 0.15) is 13.8 Å². The first-order valence-corrected chi connectivity index (χ1v) is 3.21. The third-order valence-corrected chi connectivity index (χ3v) is 1.39. The van der Waals surface area contributed by atoms with Crippen molar-refractivity contribution in [3.8, 4) is 0 Å². The Morgan fingerprint density at radius 2 is 2.10 bits per heavy atom. The van der Waals surface area contributed by atoms with Crippen molar-refractivity contribution in [3.05, 3.63) is 24.8 Å². The quantitative estimate of drug-likeness (QED) is 0.574. The summed E-state index contributed by atoms with van der Waals surface area (Å²) in [5.41, 5.74) is -1.22. The third-order valence-electron chi connectivity index (χ3n) is 1.39. The summed E-state index contributed by atoms with van der Waals surface area (Å²) >= 11 is 0. The van der Waals surface area contributed by atoms with Crippen molar-refractivity contribution in [3.63, 3.8) is 0 Å². The summed E-state index contributed by atoms with van der Waals surface area (Å²) in [6, 6.07) is 0. The van der Waals surface area contributed by atoms with E-state index >= 15 is 0 Å². The van der Waals surface area contributed by atoms with E-state index in [1.165, 1.54) is 19.1 Å². The van der Waals surface area contributed by atoms with E-state index in [-0.39, 0.29) is 0 Å². The number of hydrogen-bond donors (Lipinski definition) is 2. The fourth-order valence-electron chi connectivity index (χ4n) is 0.498. The van der Waals surface area contributed by atoms with Crippen LogP contribution in [0.2, 0.25) is 0 Å². The Balaban J connectivity index is 4.16. The number of aliphatic hydroxyl groups excluding tert-OH is 1. The maximum absolute atomic E-state index is 9.30. The second-order valence-corrected chi connectivity index (χ2v) is 2.40. The van der Waals surface area contributed by atoms with E-state index in [1.807, 2.05) is 0 Å². The largest absolute Gasteiger partial charge is 0.386 e. The van der Waals surface area contributed by atoms with Gasteiger partial charge in [-0.25, -0.2) is 0 Å². The van der Waals surface area contributed by atoms with E-state index in [0.717, 1.165) is 0 Å². The predicted octanol–water partition coefficient (Wildman–Crippen LogP) is 0.860. The molecule has 0 heterocycles. The summed E-state index contributed by atoms with van der Waals surface area (Å²) in [5.74, 6) is 0. The molecule has 0 aliphatic rings. The molecule has 0 aromatic rings. The Labute approximate surface area is 61.5 Å². The maximum atomic E-state index is 9.30. The van der Waals surface area contributed by atoms with Crippen molar-refractivity contribution in [1.29, 1.82) is 0 Å². The molecule has 2 nitrogen and oxygen atoms in total. The Bertz CT molecular complexity index is 136. The molecule has 0 aliphatic heterocycles. The van der Waals surface area contributed by atoms with Gasteiger partial charge in [0.25, 0.3) is 0 Å². The number of rotatable bonds is 3. The average molecular weight is 142 g/mol. The Hall–Kier alpha value is -0.600. The molecule has 0 fully saturated rings. The average Bonchev–Trinajstić information content (AvgIpc) is 1.89. The van der Waals surface area contributed by atoms with E-state index in [1.54, 1.807) is 13.0 Å². The monoisotopic (exact) mass is 142 g/mol. The molecule has 0 spiro atoms. The molecule has 10 heavy (non-hydrogen) atoms. The van der Waals surface area contributed by atoms with Gasteiger partial charge in [-0.15, -0.1) is 6.58 Å². The molecular weight excluding hydrogens is 128 g/mol. The van der Waals surface area contributed by atoms with Crippen molar-refractivity contribution >= 4 is 0 Å². The highest BCUT2D eigenvalue weighted by molar-refractivity contribution is 5.05. The van der Waals surface area contributed by atoms with Crippen LogP contribution in [0.5, 0.6) is 0 Å². The van der Waals surface area contributed by atoms with Gasteiger partial charge in [0.2, 0.25) is 0 Å². The van der Waals surface area contributed by atoms with Crippen LogP contribution < -0.4 is 0 Å². The van der Waals surface area contributed by atoms with Crippen LogP contribution in [0.25, 0.3) is 0 Å². The highest BCUT2D eigenvalue weighted by atomic mass is 16.3. The van der Waals surface area contributed by atoms with Gasteiger partial charge in [-0.3, -0.25) is 0 Å². The summed E-state index contributed by atoms with van der Waals surface area (Å²) in [4.78, 5) is 0. The second-order valence-electron chi connectivity index (χ2n) is 2.40. The zero-order chi connectivity index (χ0) is 8.20. The van der Waals surface area contributed by atoms with Crippen LogP contribution in [0.3, 0.4) is 0 Å². The van der Waals surface area contributed by atoms with Crippen LogP contribution in [0.4, 0.5) is 0 Å². The van der Waals surface area contributed by atoms with Gasteiger partial charge >= 0.3 is 0 Å². The van der Waals surface area contributed by atoms with Crippen molar-refractivity contribution in [2.75, 3.05) is 0 Å². The van der Waals surface area contributed by atoms with Crippen LogP contribution in [0.15, 0.2) is 24.8 Å². The van der Waals surface area contributed by atoms with Gasteiger partial charge < -0.3 is 10.2 Å². The predicted molar refractivity (Wildman–Crippen MR) is 41.6 cm³/mol. The highest BCUT2D eigenvalue weighted by Crippen LogP contribution is 2.11. The summed E-state index contributed by atoms with van der Waals surface area (Å²) in [5, 5.41) is 18.5. The van der Waals surface area contributed by atoms with Crippen LogP contribution in [-0.2, 0) is 0 Å². The lowest BCUT2D eigenvalue weighted by Crippen LogP contribution is -2.35. The van der Waals surface area contributed by atoms with Crippen LogP contribution >= 0.6 is 0 Å². The van der Waals surface area contributed by atoms with Crippen molar-refractivity contribution in [2.45, 2.75) is 25.6 Å². The van der Waals surface area contributed by atoms with Crippen LogP contribution in [-0.4, -0.2) is 21.9 Å². The number of hydrogen-bond acceptors (Lipinski definition) is 2. The van der Waals surface area contributed by atoms with Crippen molar-refractivity contribution < 1.29 is 10.2 Å². The topological polar surface area (TPSA) is 40.5 Å². The summed E-state index contributed by atoms with van der Waals surface area (Å²) in [6.45, 7) is 6.68. The van der Waals surface area contributed by atoms with Gasteiger partial charge in [0, 0.05) is 0 Å². The van der Waals surface area contributed by atoms with E-state index < -0.39 is 11.7 Å². The first-order chi connectivity index (χ1) is 4.54. The minimum atomic E-state index is -1.22. The molecule has 0 saturated heterocycles. The molecule has 0 aliphatic carbocycles. The molecule has 0 bridgehead atoms. The summed E-state index contributed by atoms with van der Waals surface area (Å²) < 4.78 is 0. The Kier molecular flexibility index (Phi) is 3.33. The van der Waals surface area contributed by atoms with E-state index in [2.05, 4.69) is 6.58 Å². The van der Waals surface area contributed by atoms with Gasteiger partial charge in [-0.2, -0.15) is 0 Å². The zero-order valence-electron chi connectivity index (χ0n) is 6.41. The Morgan fingerprint density at radius 1 is 1.60 bits per heavy atom. The molecular formula is C8H14O2. The minimum absolute atomic E-state index is 0.866. The SMILES string of the molecule is C=C[C@@](C)(O)[C@H](O)/C=C/C. The lowest BCUT2D eigenvalue weighted by molar-refractivity contribution is 0.000846.